The van der Waals surface area contributed by atoms with E-state index in [9.17, 15) is 14.4 Å². The number of carbonyl (C=O) groups is 3. The van der Waals surface area contributed by atoms with Crippen LogP contribution in [-0.4, -0.2) is 69.2 Å². The van der Waals surface area contributed by atoms with Gasteiger partial charge >= 0.3 is 6.03 Å². The smallest absolute Gasteiger partial charge is 0.321 e. The van der Waals surface area contributed by atoms with Crippen LogP contribution >= 0.6 is 11.6 Å². The van der Waals surface area contributed by atoms with Crippen LogP contribution in [0.15, 0.2) is 48.5 Å². The minimum atomic E-state index is -0.732. The zero-order chi connectivity index (χ0) is 25.9. The Morgan fingerprint density at radius 1 is 1.08 bits per heavy atom. The van der Waals surface area contributed by atoms with Crippen molar-refractivity contribution < 1.29 is 23.9 Å². The van der Waals surface area contributed by atoms with Crippen molar-refractivity contribution in [2.75, 3.05) is 45.8 Å². The van der Waals surface area contributed by atoms with Crippen molar-refractivity contribution >= 4 is 35.1 Å². The van der Waals surface area contributed by atoms with E-state index < -0.39 is 6.04 Å². The second-order valence-corrected chi connectivity index (χ2v) is 9.02. The normalized spacial score (nSPS) is 14.6. The molecule has 194 valence electrons. The predicted octanol–water partition coefficient (Wildman–Crippen LogP) is 3.54. The number of benzene rings is 2. The third-order valence-corrected chi connectivity index (χ3v) is 6.33. The maximum atomic E-state index is 13.1. The molecule has 0 bridgehead atoms. The molecule has 3 rings (SSSR count). The Morgan fingerprint density at radius 2 is 1.83 bits per heavy atom. The lowest BCUT2D eigenvalue weighted by Crippen LogP contribution is -2.54. The molecule has 3 N–H and O–H groups in total. The van der Waals surface area contributed by atoms with Crippen molar-refractivity contribution in [3.63, 3.8) is 0 Å². The lowest BCUT2D eigenvalue weighted by Gasteiger charge is -2.35. The molecular formula is C26H33ClN4O5. The van der Waals surface area contributed by atoms with Crippen LogP contribution < -0.4 is 20.7 Å². The lowest BCUT2D eigenvalue weighted by molar-refractivity contribution is -0.124. The molecule has 1 saturated heterocycles. The number of piperidine rings is 1. The fraction of sp³-hybridized carbons (Fsp3) is 0.423. The average Bonchev–Trinajstić information content (AvgIpc) is 2.89. The van der Waals surface area contributed by atoms with E-state index in [2.05, 4.69) is 16.0 Å². The van der Waals surface area contributed by atoms with E-state index in [4.69, 9.17) is 21.1 Å². The molecule has 4 amide bonds. The molecule has 0 saturated carbocycles. The summed E-state index contributed by atoms with van der Waals surface area (Å²) in [5.41, 5.74) is 1.03. The van der Waals surface area contributed by atoms with Crippen LogP contribution in [0.1, 0.15) is 29.6 Å². The first-order valence-corrected chi connectivity index (χ1v) is 12.3. The van der Waals surface area contributed by atoms with Crippen molar-refractivity contribution in [1.29, 1.82) is 0 Å². The quantitative estimate of drug-likeness (QED) is 0.418. The van der Waals surface area contributed by atoms with E-state index in [0.29, 0.717) is 67.5 Å². The van der Waals surface area contributed by atoms with E-state index in [0.717, 1.165) is 0 Å². The molecule has 1 heterocycles. The molecule has 36 heavy (non-hydrogen) atoms. The molecule has 0 unspecified atom stereocenters. The highest BCUT2D eigenvalue weighted by Crippen LogP contribution is 2.23. The van der Waals surface area contributed by atoms with Crippen LogP contribution in [0, 0.1) is 5.92 Å². The highest BCUT2D eigenvalue weighted by atomic mass is 35.5. The number of likely N-dealkylation sites (tertiary alicyclic amines) is 1. The maximum Gasteiger partial charge on any atom is 0.321 e. The van der Waals surface area contributed by atoms with Crippen LogP contribution in [-0.2, 0) is 9.53 Å². The summed E-state index contributed by atoms with van der Waals surface area (Å²) in [5.74, 6) is -0.171. The van der Waals surface area contributed by atoms with Gasteiger partial charge in [0.15, 0.2) is 0 Å². The van der Waals surface area contributed by atoms with Crippen molar-refractivity contribution in [3.05, 3.63) is 59.1 Å². The van der Waals surface area contributed by atoms with E-state index >= 15 is 0 Å². The number of halogens is 1. The molecule has 0 radical (unpaired) electrons. The highest BCUT2D eigenvalue weighted by molar-refractivity contribution is 6.30. The second-order valence-electron chi connectivity index (χ2n) is 8.59. The van der Waals surface area contributed by atoms with Crippen molar-refractivity contribution in [2.24, 2.45) is 5.92 Å². The SMILES string of the molecule is COCCCNC(=O)[C@H](NC(=O)c1cccc(OC)c1)C1CCN(C(=O)Nc2cccc(Cl)c2)CC1. The number of anilines is 1. The summed E-state index contributed by atoms with van der Waals surface area (Å²) in [7, 11) is 3.14. The molecule has 1 aliphatic rings. The summed E-state index contributed by atoms with van der Waals surface area (Å²) < 4.78 is 10.3. The maximum absolute atomic E-state index is 13.1. The standard InChI is InChI=1S/C26H33ClN4O5/c1-35-15-5-12-28-25(33)23(30-24(32)19-6-3-9-22(16-19)36-2)18-10-13-31(14-11-18)26(34)29-21-8-4-7-20(27)17-21/h3-4,6-9,16-18,23H,5,10-15H2,1-2H3,(H,28,33)(H,29,34)(H,30,32)/t23-/m1/s1. The number of rotatable bonds is 10. The fourth-order valence-corrected chi connectivity index (χ4v) is 4.32. The lowest BCUT2D eigenvalue weighted by atomic mass is 9.88. The summed E-state index contributed by atoms with van der Waals surface area (Å²) >= 11 is 6.00. The van der Waals surface area contributed by atoms with Crippen LogP contribution in [0.5, 0.6) is 5.75 Å². The Labute approximate surface area is 216 Å². The van der Waals surface area contributed by atoms with Gasteiger partial charge in [0.25, 0.3) is 5.91 Å². The number of hydrogen-bond acceptors (Lipinski definition) is 5. The van der Waals surface area contributed by atoms with Gasteiger partial charge in [-0.2, -0.15) is 0 Å². The summed E-state index contributed by atoms with van der Waals surface area (Å²) in [4.78, 5) is 40.5. The number of nitrogens with zero attached hydrogens (tertiary/aromatic N) is 1. The fourth-order valence-electron chi connectivity index (χ4n) is 4.13. The first-order valence-electron chi connectivity index (χ1n) is 11.9. The molecule has 10 heteroatoms. The molecule has 1 aliphatic heterocycles. The summed E-state index contributed by atoms with van der Waals surface area (Å²) in [6.45, 7) is 1.89. The highest BCUT2D eigenvalue weighted by Gasteiger charge is 2.34. The predicted molar refractivity (Wildman–Crippen MR) is 139 cm³/mol. The van der Waals surface area contributed by atoms with Crippen molar-refractivity contribution in [3.8, 4) is 5.75 Å². The average molecular weight is 517 g/mol. The summed E-state index contributed by atoms with van der Waals surface area (Å²) in [5, 5.41) is 9.21. The third kappa shape index (κ3) is 7.86. The third-order valence-electron chi connectivity index (χ3n) is 6.10. The van der Waals surface area contributed by atoms with Crippen LogP contribution in [0.3, 0.4) is 0 Å². The van der Waals surface area contributed by atoms with Gasteiger partial charge in [-0.1, -0.05) is 23.7 Å². The molecule has 1 fully saturated rings. The molecule has 9 nitrogen and oxygen atoms in total. The number of nitrogens with one attached hydrogen (secondary N) is 3. The van der Waals surface area contributed by atoms with Gasteiger partial charge in [0.05, 0.1) is 7.11 Å². The van der Waals surface area contributed by atoms with Gasteiger partial charge in [-0.05, 0) is 61.6 Å². The van der Waals surface area contributed by atoms with Gasteiger partial charge in [0, 0.05) is 49.6 Å². The Hall–Kier alpha value is -3.30. The van der Waals surface area contributed by atoms with Crippen LogP contribution in [0.2, 0.25) is 5.02 Å². The molecule has 0 spiro atoms. The first-order chi connectivity index (χ1) is 17.4. The van der Waals surface area contributed by atoms with Gasteiger partial charge in [0.1, 0.15) is 11.8 Å². The van der Waals surface area contributed by atoms with Crippen molar-refractivity contribution in [1.82, 2.24) is 15.5 Å². The molecule has 2 aromatic rings. The number of carbonyl (C=O) groups excluding carboxylic acids is 3. The Morgan fingerprint density at radius 3 is 2.53 bits per heavy atom. The van der Waals surface area contributed by atoms with E-state index in [1.165, 1.54) is 7.11 Å². The summed E-state index contributed by atoms with van der Waals surface area (Å²) in [6.07, 6.45) is 1.80. The number of methoxy groups -OCH3 is 2. The van der Waals surface area contributed by atoms with Gasteiger partial charge in [-0.25, -0.2) is 4.79 Å². The minimum absolute atomic E-state index is 0.128. The van der Waals surface area contributed by atoms with Crippen LogP contribution in [0.4, 0.5) is 10.5 Å². The topological polar surface area (TPSA) is 109 Å². The first kappa shape index (κ1) is 27.3. The van der Waals surface area contributed by atoms with E-state index in [1.807, 2.05) is 0 Å². The molecule has 0 aromatic heterocycles. The largest absolute Gasteiger partial charge is 0.497 e. The van der Waals surface area contributed by atoms with Crippen LogP contribution in [0.25, 0.3) is 0 Å². The van der Waals surface area contributed by atoms with Gasteiger partial charge in [-0.3, -0.25) is 9.59 Å². The van der Waals surface area contributed by atoms with Gasteiger partial charge < -0.3 is 30.3 Å². The number of hydrogen-bond donors (Lipinski definition) is 3. The molecular weight excluding hydrogens is 484 g/mol. The Kier molecular flexibility index (Phi) is 10.4. The monoisotopic (exact) mass is 516 g/mol. The van der Waals surface area contributed by atoms with E-state index in [-0.39, 0.29) is 23.8 Å². The molecule has 2 aromatic carbocycles. The zero-order valence-corrected chi connectivity index (χ0v) is 21.3. The Balaban J connectivity index is 1.64. The minimum Gasteiger partial charge on any atom is -0.497 e. The number of amides is 4. The van der Waals surface area contributed by atoms with Gasteiger partial charge in [0.2, 0.25) is 5.91 Å². The zero-order valence-electron chi connectivity index (χ0n) is 20.6. The molecule has 0 aliphatic carbocycles. The van der Waals surface area contributed by atoms with Gasteiger partial charge in [-0.15, -0.1) is 0 Å². The van der Waals surface area contributed by atoms with Crippen molar-refractivity contribution in [2.45, 2.75) is 25.3 Å². The van der Waals surface area contributed by atoms with E-state index in [1.54, 1.807) is 60.5 Å². The number of ether oxygens (including phenoxy) is 2. The second kappa shape index (κ2) is 13.7. The Bertz CT molecular complexity index is 1040. The number of urea groups is 1. The molecule has 1 atom stereocenters. The summed E-state index contributed by atoms with van der Waals surface area (Å²) in [6, 6.07) is 12.8.